The molecular formula is C10H12N2. The minimum atomic E-state index is 0.108. The van der Waals surface area contributed by atoms with Gasteiger partial charge in [0.05, 0.1) is 6.04 Å². The second-order valence-corrected chi connectivity index (χ2v) is 2.83. The summed E-state index contributed by atoms with van der Waals surface area (Å²) >= 11 is 0. The smallest absolute Gasteiger partial charge is 0.177 e. The molecule has 1 aromatic carbocycles. The lowest BCUT2D eigenvalue weighted by Crippen LogP contribution is -2.12. The van der Waals surface area contributed by atoms with Gasteiger partial charge in [-0.05, 0) is 25.0 Å². The van der Waals surface area contributed by atoms with E-state index in [0.29, 0.717) is 0 Å². The average Bonchev–Trinajstić information content (AvgIpc) is 2.05. The summed E-state index contributed by atoms with van der Waals surface area (Å²) < 4.78 is 0. The first kappa shape index (κ1) is 8.61. The molecule has 1 atom stereocenters. The molecule has 1 N–H and O–H groups in total. The molecule has 0 aromatic heterocycles. The molecule has 0 radical (unpaired) electrons. The number of rotatable bonds is 2. The van der Waals surface area contributed by atoms with Crippen molar-refractivity contribution in [3.63, 3.8) is 0 Å². The molecule has 2 heteroatoms. The van der Waals surface area contributed by atoms with E-state index in [0.717, 1.165) is 0 Å². The van der Waals surface area contributed by atoms with Gasteiger partial charge in [0.15, 0.2) is 6.19 Å². The zero-order chi connectivity index (χ0) is 8.97. The molecule has 0 saturated carbocycles. The molecule has 0 spiro atoms. The monoisotopic (exact) mass is 160 g/mol. The van der Waals surface area contributed by atoms with Crippen LogP contribution in [-0.4, -0.2) is 0 Å². The van der Waals surface area contributed by atoms with E-state index in [9.17, 15) is 0 Å². The lowest BCUT2D eigenvalue weighted by molar-refractivity contribution is 0.693. The van der Waals surface area contributed by atoms with Crippen LogP contribution in [0.4, 0.5) is 0 Å². The van der Waals surface area contributed by atoms with Crippen molar-refractivity contribution in [2.45, 2.75) is 19.9 Å². The molecule has 0 amide bonds. The van der Waals surface area contributed by atoms with Crippen LogP contribution >= 0.6 is 0 Å². The number of benzene rings is 1. The van der Waals surface area contributed by atoms with Gasteiger partial charge in [-0.15, -0.1) is 0 Å². The topological polar surface area (TPSA) is 35.8 Å². The van der Waals surface area contributed by atoms with Gasteiger partial charge in [-0.2, -0.15) is 5.26 Å². The van der Waals surface area contributed by atoms with Gasteiger partial charge < -0.3 is 5.32 Å². The van der Waals surface area contributed by atoms with Crippen LogP contribution < -0.4 is 5.32 Å². The maximum Gasteiger partial charge on any atom is 0.177 e. The molecule has 0 bridgehead atoms. The third kappa shape index (κ3) is 1.76. The largest absolute Gasteiger partial charge is 0.317 e. The highest BCUT2D eigenvalue weighted by atomic mass is 14.9. The van der Waals surface area contributed by atoms with Crippen LogP contribution in [0, 0.1) is 18.4 Å². The first-order valence-corrected chi connectivity index (χ1v) is 3.96. The molecule has 0 aliphatic rings. The number of nitrogens with one attached hydrogen (secondary N) is 1. The standard InChI is InChI=1S/C10H12N2/c1-8-5-3-4-6-10(8)9(2)12-7-11/h3-6,9,12H,1-2H3. The van der Waals surface area contributed by atoms with Crippen molar-refractivity contribution in [1.82, 2.24) is 5.32 Å². The fraction of sp³-hybridized carbons (Fsp3) is 0.300. The van der Waals surface area contributed by atoms with Crippen LogP contribution in [0.25, 0.3) is 0 Å². The summed E-state index contributed by atoms with van der Waals surface area (Å²) in [6.45, 7) is 4.02. The predicted molar refractivity (Wildman–Crippen MR) is 48.3 cm³/mol. The van der Waals surface area contributed by atoms with E-state index in [1.165, 1.54) is 11.1 Å². The highest BCUT2D eigenvalue weighted by Gasteiger charge is 2.04. The van der Waals surface area contributed by atoms with Gasteiger partial charge in [-0.1, -0.05) is 24.3 Å². The van der Waals surface area contributed by atoms with Crippen LogP contribution in [0.5, 0.6) is 0 Å². The normalized spacial score (nSPS) is 11.8. The van der Waals surface area contributed by atoms with Gasteiger partial charge in [0.1, 0.15) is 0 Å². The molecule has 62 valence electrons. The van der Waals surface area contributed by atoms with Crippen molar-refractivity contribution < 1.29 is 0 Å². The Morgan fingerprint density at radius 2 is 2.08 bits per heavy atom. The van der Waals surface area contributed by atoms with Crippen molar-refractivity contribution in [2.24, 2.45) is 0 Å². The first-order chi connectivity index (χ1) is 5.75. The molecule has 12 heavy (non-hydrogen) atoms. The Balaban J connectivity index is 2.88. The number of nitriles is 1. The summed E-state index contributed by atoms with van der Waals surface area (Å²) in [5.41, 5.74) is 2.40. The summed E-state index contributed by atoms with van der Waals surface area (Å²) in [4.78, 5) is 0. The summed E-state index contributed by atoms with van der Waals surface area (Å²) in [7, 11) is 0. The van der Waals surface area contributed by atoms with Crippen molar-refractivity contribution in [2.75, 3.05) is 0 Å². The van der Waals surface area contributed by atoms with E-state index in [-0.39, 0.29) is 6.04 Å². The minimum absolute atomic E-state index is 0.108. The number of hydrogen-bond acceptors (Lipinski definition) is 2. The Kier molecular flexibility index (Phi) is 2.71. The fourth-order valence-corrected chi connectivity index (χ4v) is 1.25. The molecule has 1 rings (SSSR count). The van der Waals surface area contributed by atoms with E-state index in [2.05, 4.69) is 5.32 Å². The Hall–Kier alpha value is -1.49. The first-order valence-electron chi connectivity index (χ1n) is 3.96. The molecule has 0 heterocycles. The van der Waals surface area contributed by atoms with Gasteiger partial charge >= 0.3 is 0 Å². The Morgan fingerprint density at radius 1 is 1.42 bits per heavy atom. The van der Waals surface area contributed by atoms with E-state index in [4.69, 9.17) is 5.26 Å². The molecule has 0 fully saturated rings. The van der Waals surface area contributed by atoms with Crippen LogP contribution in [0.2, 0.25) is 0 Å². The second-order valence-electron chi connectivity index (χ2n) is 2.83. The zero-order valence-electron chi connectivity index (χ0n) is 7.33. The van der Waals surface area contributed by atoms with Gasteiger partial charge in [-0.25, -0.2) is 0 Å². The van der Waals surface area contributed by atoms with E-state index >= 15 is 0 Å². The van der Waals surface area contributed by atoms with E-state index < -0.39 is 0 Å². The fourth-order valence-electron chi connectivity index (χ4n) is 1.25. The van der Waals surface area contributed by atoms with Crippen LogP contribution in [0.15, 0.2) is 24.3 Å². The Labute approximate surface area is 72.8 Å². The second kappa shape index (κ2) is 3.77. The molecule has 0 aliphatic carbocycles. The van der Waals surface area contributed by atoms with Crippen molar-refractivity contribution in [3.8, 4) is 6.19 Å². The Morgan fingerprint density at radius 3 is 2.67 bits per heavy atom. The SMILES string of the molecule is Cc1ccccc1C(C)NC#N. The lowest BCUT2D eigenvalue weighted by atomic mass is 10.0. The highest BCUT2D eigenvalue weighted by molar-refractivity contribution is 5.28. The summed E-state index contributed by atoms with van der Waals surface area (Å²) in [5, 5.41) is 11.1. The molecule has 0 aliphatic heterocycles. The van der Waals surface area contributed by atoms with E-state index in [1.807, 2.05) is 44.3 Å². The summed E-state index contributed by atoms with van der Waals surface area (Å²) in [6, 6.07) is 8.17. The van der Waals surface area contributed by atoms with Gasteiger partial charge in [0.25, 0.3) is 0 Å². The molecule has 1 unspecified atom stereocenters. The molecule has 2 nitrogen and oxygen atoms in total. The maximum atomic E-state index is 8.43. The molecular weight excluding hydrogens is 148 g/mol. The summed E-state index contributed by atoms with van der Waals surface area (Å²) in [6.07, 6.45) is 1.94. The van der Waals surface area contributed by atoms with E-state index in [1.54, 1.807) is 0 Å². The third-order valence-electron chi connectivity index (χ3n) is 1.94. The van der Waals surface area contributed by atoms with Crippen LogP contribution in [-0.2, 0) is 0 Å². The van der Waals surface area contributed by atoms with Crippen molar-refractivity contribution in [3.05, 3.63) is 35.4 Å². The lowest BCUT2D eigenvalue weighted by Gasteiger charge is -2.11. The zero-order valence-corrected chi connectivity index (χ0v) is 7.33. The van der Waals surface area contributed by atoms with Gasteiger partial charge in [0, 0.05) is 0 Å². The van der Waals surface area contributed by atoms with Gasteiger partial charge in [-0.3, -0.25) is 0 Å². The third-order valence-corrected chi connectivity index (χ3v) is 1.94. The van der Waals surface area contributed by atoms with Crippen molar-refractivity contribution >= 4 is 0 Å². The minimum Gasteiger partial charge on any atom is -0.317 e. The number of hydrogen-bond donors (Lipinski definition) is 1. The van der Waals surface area contributed by atoms with Crippen LogP contribution in [0.3, 0.4) is 0 Å². The van der Waals surface area contributed by atoms with Gasteiger partial charge in [0.2, 0.25) is 0 Å². The predicted octanol–water partition coefficient (Wildman–Crippen LogP) is 2.13. The molecule has 0 saturated heterocycles. The quantitative estimate of drug-likeness (QED) is 0.531. The highest BCUT2D eigenvalue weighted by Crippen LogP contribution is 2.15. The Bertz CT molecular complexity index is 299. The maximum absolute atomic E-state index is 8.43. The van der Waals surface area contributed by atoms with Crippen LogP contribution in [0.1, 0.15) is 24.1 Å². The summed E-state index contributed by atoms with van der Waals surface area (Å²) in [5.74, 6) is 0. The van der Waals surface area contributed by atoms with Crippen molar-refractivity contribution in [1.29, 1.82) is 5.26 Å². The number of nitrogens with zero attached hydrogens (tertiary/aromatic N) is 1. The average molecular weight is 160 g/mol. The molecule has 1 aromatic rings. The number of aryl methyl sites for hydroxylation is 1.